The van der Waals surface area contributed by atoms with Crippen LogP contribution in [0.5, 0.6) is 0 Å². The fraction of sp³-hybridized carbons (Fsp3) is 0. The zero-order valence-corrected chi connectivity index (χ0v) is 30.4. The molecule has 7 aromatic carbocycles. The first-order chi connectivity index (χ1) is 27.7. The van der Waals surface area contributed by atoms with Crippen molar-refractivity contribution in [2.45, 2.75) is 0 Å². The number of fused-ring (bicyclic) bond motifs is 1. The van der Waals surface area contributed by atoms with Gasteiger partial charge < -0.3 is 9.80 Å². The average Bonchev–Trinajstić information content (AvgIpc) is 3.93. The molecule has 2 aromatic heterocycles. The second-order valence-corrected chi connectivity index (χ2v) is 13.1. The molecule has 0 aliphatic heterocycles. The molecule has 56 heavy (non-hydrogen) atoms. The summed E-state index contributed by atoms with van der Waals surface area (Å²) >= 11 is 0. The van der Waals surface area contributed by atoms with E-state index in [0.717, 1.165) is 73.4 Å². The summed E-state index contributed by atoms with van der Waals surface area (Å²) in [6.45, 7) is 3.73. The molecule has 0 unspecified atom stereocenters. The summed E-state index contributed by atoms with van der Waals surface area (Å²) < 4.78 is 0. The highest BCUT2D eigenvalue weighted by molar-refractivity contribution is 5.81. The van der Waals surface area contributed by atoms with Crippen LogP contribution in [0, 0.1) is 0 Å². The smallest absolute Gasteiger partial charge is 0.113 e. The average molecular weight is 725 g/mol. The fourth-order valence-corrected chi connectivity index (χ4v) is 6.74. The molecule has 0 fully saturated rings. The Morgan fingerprint density at radius 2 is 0.804 bits per heavy atom. The Labute approximate surface area is 325 Å². The molecule has 9 aromatic rings. The van der Waals surface area contributed by atoms with E-state index in [-0.39, 0.29) is 0 Å². The number of hydrogen-bond acceptors (Lipinski definition) is 6. The van der Waals surface area contributed by atoms with E-state index >= 15 is 0 Å². The Hall–Kier alpha value is -7.84. The van der Waals surface area contributed by atoms with Gasteiger partial charge in [-0.05, 0) is 126 Å². The van der Waals surface area contributed by atoms with Crippen LogP contribution < -0.4 is 9.80 Å². The number of rotatable bonds is 11. The second kappa shape index (κ2) is 15.3. The van der Waals surface area contributed by atoms with Gasteiger partial charge in [-0.1, -0.05) is 91.5 Å². The van der Waals surface area contributed by atoms with Gasteiger partial charge >= 0.3 is 0 Å². The molecule has 0 aliphatic rings. The minimum Gasteiger partial charge on any atom is -0.311 e. The SMILES string of the molecule is C=C/C=C\c1cnn(-c2ccc(N(c3ccccc3)c3ccc(-c4ccc(N(c5ccccc5)c5ccc(-n6nc7ccccc7n6)cc5)cc4)cc3)cc2)n1. The first kappa shape index (κ1) is 34.0. The van der Waals surface area contributed by atoms with Gasteiger partial charge in [-0.3, -0.25) is 0 Å². The van der Waals surface area contributed by atoms with Crippen molar-refractivity contribution < 1.29 is 0 Å². The summed E-state index contributed by atoms with van der Waals surface area (Å²) in [5.41, 5.74) is 12.8. The molecular formula is C48H36N8. The lowest BCUT2D eigenvalue weighted by Crippen LogP contribution is -2.10. The molecule has 9 rings (SSSR count). The van der Waals surface area contributed by atoms with Crippen LogP contribution in [-0.4, -0.2) is 30.0 Å². The molecule has 268 valence electrons. The molecule has 0 bridgehead atoms. The zero-order chi connectivity index (χ0) is 37.7. The van der Waals surface area contributed by atoms with Crippen LogP contribution in [-0.2, 0) is 0 Å². The molecule has 8 nitrogen and oxygen atoms in total. The highest BCUT2D eigenvalue weighted by Crippen LogP contribution is 2.38. The van der Waals surface area contributed by atoms with Gasteiger partial charge in [0.2, 0.25) is 0 Å². The standard InChI is InChI=1S/C48H36N8/c1-2-3-12-38-35-49-55(50-38)45-31-27-43(28-32-45)53(39-13-6-4-7-14-39)41-23-19-36(20-24-41)37-21-25-42(26-22-37)54(40-15-8-5-9-16-40)44-29-33-46(34-30-44)56-51-47-17-10-11-18-48(47)52-56/h2-35H,1H2/b12-3-. The minimum absolute atomic E-state index is 0.770. The monoisotopic (exact) mass is 724 g/mol. The normalized spacial score (nSPS) is 11.2. The van der Waals surface area contributed by atoms with Crippen molar-refractivity contribution in [3.05, 3.63) is 213 Å². The van der Waals surface area contributed by atoms with Gasteiger partial charge in [-0.2, -0.15) is 14.7 Å². The summed E-state index contributed by atoms with van der Waals surface area (Å²) in [6.07, 6.45) is 7.18. The third-order valence-electron chi connectivity index (χ3n) is 9.49. The number of para-hydroxylation sites is 2. The maximum absolute atomic E-state index is 4.66. The van der Waals surface area contributed by atoms with E-state index in [9.17, 15) is 0 Å². The Morgan fingerprint density at radius 3 is 1.25 bits per heavy atom. The first-order valence-corrected chi connectivity index (χ1v) is 18.4. The third-order valence-corrected chi connectivity index (χ3v) is 9.49. The quantitative estimate of drug-likeness (QED) is 0.124. The molecule has 0 radical (unpaired) electrons. The molecule has 0 aliphatic carbocycles. The third kappa shape index (κ3) is 6.98. The Kier molecular flexibility index (Phi) is 9.25. The maximum Gasteiger partial charge on any atom is 0.113 e. The Bertz CT molecular complexity index is 2700. The van der Waals surface area contributed by atoms with Gasteiger partial charge in [-0.25, -0.2) is 0 Å². The van der Waals surface area contributed by atoms with Crippen molar-refractivity contribution in [1.82, 2.24) is 30.0 Å². The van der Waals surface area contributed by atoms with Gasteiger partial charge in [0.05, 0.1) is 17.6 Å². The largest absolute Gasteiger partial charge is 0.311 e. The van der Waals surface area contributed by atoms with Crippen LogP contribution in [0.25, 0.3) is 39.6 Å². The van der Waals surface area contributed by atoms with Crippen LogP contribution >= 0.6 is 0 Å². The lowest BCUT2D eigenvalue weighted by atomic mass is 10.0. The van der Waals surface area contributed by atoms with Crippen molar-refractivity contribution in [1.29, 1.82) is 0 Å². The van der Waals surface area contributed by atoms with Crippen LogP contribution in [0.3, 0.4) is 0 Å². The number of benzene rings is 7. The fourth-order valence-electron chi connectivity index (χ4n) is 6.74. The van der Waals surface area contributed by atoms with E-state index in [4.69, 9.17) is 0 Å². The van der Waals surface area contributed by atoms with E-state index in [1.807, 2.05) is 60.7 Å². The molecule has 0 saturated heterocycles. The lowest BCUT2D eigenvalue weighted by Gasteiger charge is -2.26. The molecule has 0 atom stereocenters. The van der Waals surface area contributed by atoms with Crippen molar-refractivity contribution in [3.8, 4) is 22.5 Å². The summed E-state index contributed by atoms with van der Waals surface area (Å²) in [6, 6.07) is 62.8. The van der Waals surface area contributed by atoms with Crippen molar-refractivity contribution >= 4 is 51.2 Å². The van der Waals surface area contributed by atoms with Gasteiger partial charge in [-0.15, -0.1) is 15.3 Å². The van der Waals surface area contributed by atoms with E-state index in [1.165, 1.54) is 0 Å². The topological polar surface area (TPSA) is 67.9 Å². The van der Waals surface area contributed by atoms with E-state index in [1.54, 1.807) is 21.9 Å². The number of anilines is 6. The van der Waals surface area contributed by atoms with Crippen molar-refractivity contribution in [3.63, 3.8) is 0 Å². The molecule has 0 spiro atoms. The number of hydrogen-bond donors (Lipinski definition) is 0. The first-order valence-electron chi connectivity index (χ1n) is 18.4. The summed E-state index contributed by atoms with van der Waals surface area (Å²) in [5, 5.41) is 18.3. The Balaban J connectivity index is 0.978. The van der Waals surface area contributed by atoms with Crippen LogP contribution in [0.15, 0.2) is 207 Å². The predicted octanol–water partition coefficient (Wildman–Crippen LogP) is 11.8. The number of allylic oxidation sites excluding steroid dienone is 2. The molecule has 0 amide bonds. The van der Waals surface area contributed by atoms with Crippen LogP contribution in [0.4, 0.5) is 34.1 Å². The maximum atomic E-state index is 4.66. The summed E-state index contributed by atoms with van der Waals surface area (Å²) in [5.74, 6) is 0. The number of aromatic nitrogens is 6. The van der Waals surface area contributed by atoms with Crippen LogP contribution in [0.2, 0.25) is 0 Å². The predicted molar refractivity (Wildman–Crippen MR) is 228 cm³/mol. The van der Waals surface area contributed by atoms with Crippen LogP contribution in [0.1, 0.15) is 5.69 Å². The number of nitrogens with zero attached hydrogens (tertiary/aromatic N) is 8. The second-order valence-electron chi connectivity index (χ2n) is 13.1. The molecule has 8 heteroatoms. The van der Waals surface area contributed by atoms with Crippen molar-refractivity contribution in [2.75, 3.05) is 9.80 Å². The summed E-state index contributed by atoms with van der Waals surface area (Å²) in [7, 11) is 0. The molecule has 0 N–H and O–H groups in total. The van der Waals surface area contributed by atoms with Crippen molar-refractivity contribution in [2.24, 2.45) is 0 Å². The highest BCUT2D eigenvalue weighted by Gasteiger charge is 2.16. The lowest BCUT2D eigenvalue weighted by molar-refractivity contribution is 0.750. The van der Waals surface area contributed by atoms with Gasteiger partial charge in [0.15, 0.2) is 0 Å². The summed E-state index contributed by atoms with van der Waals surface area (Å²) in [4.78, 5) is 7.83. The van der Waals surface area contributed by atoms with E-state index in [2.05, 4.69) is 170 Å². The molecular weight excluding hydrogens is 689 g/mol. The van der Waals surface area contributed by atoms with E-state index < -0.39 is 0 Å². The Morgan fingerprint density at radius 1 is 0.411 bits per heavy atom. The van der Waals surface area contributed by atoms with E-state index in [0.29, 0.717) is 0 Å². The zero-order valence-electron chi connectivity index (χ0n) is 30.4. The van der Waals surface area contributed by atoms with Gasteiger partial charge in [0.1, 0.15) is 16.7 Å². The van der Waals surface area contributed by atoms with Gasteiger partial charge in [0.25, 0.3) is 0 Å². The van der Waals surface area contributed by atoms with Gasteiger partial charge in [0, 0.05) is 34.1 Å². The molecule has 2 heterocycles. The molecule has 0 saturated carbocycles. The minimum atomic E-state index is 0.770. The highest BCUT2D eigenvalue weighted by atomic mass is 15.5.